The first-order chi connectivity index (χ1) is 7.52. The maximum absolute atomic E-state index is 12.3. The number of rotatable bonds is 4. The maximum Gasteiger partial charge on any atom is 0.217 e. The van der Waals surface area contributed by atoms with Gasteiger partial charge in [0.05, 0.1) is 0 Å². The van der Waals surface area contributed by atoms with Crippen LogP contribution in [0.5, 0.6) is 0 Å². The molecule has 0 aromatic heterocycles. The van der Waals surface area contributed by atoms with E-state index in [1.807, 2.05) is 0 Å². The molecule has 1 N–H and O–H groups in total. The van der Waals surface area contributed by atoms with Crippen LogP contribution in [0.25, 0.3) is 0 Å². The molecule has 0 aliphatic heterocycles. The van der Waals surface area contributed by atoms with E-state index >= 15 is 0 Å². The van der Waals surface area contributed by atoms with E-state index in [4.69, 9.17) is 0 Å². The molecular weight excluding hydrogens is 230 g/mol. The predicted molar refractivity (Wildman–Crippen MR) is 76.5 cm³/mol. The molecule has 1 fully saturated rings. The maximum atomic E-state index is 12.3. The molecule has 1 aliphatic carbocycles. The summed E-state index contributed by atoms with van der Waals surface area (Å²) in [6.45, 7) is 9.27. The molecule has 0 bridgehead atoms. The van der Waals surface area contributed by atoms with Crippen LogP contribution >= 0.6 is 0 Å². The minimum absolute atomic E-state index is 0.398. The van der Waals surface area contributed by atoms with E-state index in [-0.39, 0.29) is 0 Å². The Bertz CT molecular complexity index is 217. The number of amides is 1. The van der Waals surface area contributed by atoms with Crippen LogP contribution in [0.1, 0.15) is 32.1 Å². The van der Waals surface area contributed by atoms with Crippen molar-refractivity contribution in [3.63, 3.8) is 0 Å². The first-order valence-corrected chi connectivity index (χ1v) is 12.8. The average Bonchev–Trinajstić information content (AvgIpc) is 2.17. The lowest BCUT2D eigenvalue weighted by Crippen LogP contribution is -2.44. The zero-order chi connectivity index (χ0) is 12.1. The quantitative estimate of drug-likeness (QED) is 0.770. The zero-order valence-electron chi connectivity index (χ0n) is 11.3. The Morgan fingerprint density at radius 3 is 2.00 bits per heavy atom. The second-order valence-electron chi connectivity index (χ2n) is 5.86. The van der Waals surface area contributed by atoms with Crippen molar-refractivity contribution in [2.75, 3.05) is 0 Å². The Hall–Kier alpha value is -0.0962. The van der Waals surface area contributed by atoms with Crippen molar-refractivity contribution in [3.8, 4) is 0 Å². The number of hydrogen-bond acceptors (Lipinski definition) is 1. The Labute approximate surface area is 103 Å². The zero-order valence-corrected chi connectivity index (χ0v) is 13.6. The van der Waals surface area contributed by atoms with Gasteiger partial charge in [0.1, 0.15) is 0 Å². The molecule has 1 amide bonds. The summed E-state index contributed by atoms with van der Waals surface area (Å²) >= 11 is 0. The van der Waals surface area contributed by atoms with Gasteiger partial charge in [0.25, 0.3) is 0 Å². The molecule has 16 heavy (non-hydrogen) atoms. The summed E-state index contributed by atoms with van der Waals surface area (Å²) in [5, 5.41) is 3.76. The number of hydrogen-bond donors (Lipinski definition) is 1. The van der Waals surface area contributed by atoms with E-state index in [1.54, 1.807) is 0 Å². The Morgan fingerprint density at radius 1 is 1.06 bits per heavy atom. The van der Waals surface area contributed by atoms with Crippen molar-refractivity contribution in [3.05, 3.63) is 0 Å². The van der Waals surface area contributed by atoms with Crippen LogP contribution in [-0.4, -0.2) is 29.5 Å². The lowest BCUT2D eigenvalue weighted by molar-refractivity contribution is -0.120. The van der Waals surface area contributed by atoms with Gasteiger partial charge in [0.2, 0.25) is 5.91 Å². The number of nitrogens with one attached hydrogen (secondary N) is 1. The van der Waals surface area contributed by atoms with Crippen molar-refractivity contribution in [2.45, 2.75) is 69.5 Å². The van der Waals surface area contributed by atoms with Crippen LogP contribution in [0.2, 0.25) is 31.4 Å². The van der Waals surface area contributed by atoms with Gasteiger partial charge in [-0.15, -0.1) is 0 Å². The van der Waals surface area contributed by atoms with Crippen LogP contribution in [0.3, 0.4) is 0 Å². The van der Waals surface area contributed by atoms with Crippen molar-refractivity contribution in [1.29, 1.82) is 0 Å². The van der Waals surface area contributed by atoms with Crippen molar-refractivity contribution in [2.24, 2.45) is 0 Å². The standard InChI is InChI=1S/C12H27NOSi2/c1-15(2)12(16(3)4)11(14)13-10-8-6-5-7-9-10/h10,12,15-16H,5-9H2,1-4H3,(H,13,14). The fourth-order valence-electron chi connectivity index (χ4n) is 2.92. The third-order valence-corrected chi connectivity index (χ3v) is 11.8. The van der Waals surface area contributed by atoms with Crippen LogP contribution in [0.4, 0.5) is 0 Å². The van der Waals surface area contributed by atoms with Crippen molar-refractivity contribution >= 4 is 23.5 Å². The second kappa shape index (κ2) is 6.59. The summed E-state index contributed by atoms with van der Waals surface area (Å²) in [4.78, 5) is 12.3. The number of carbonyl (C=O) groups is 1. The van der Waals surface area contributed by atoms with Gasteiger partial charge in [-0.2, -0.15) is 0 Å². The van der Waals surface area contributed by atoms with Crippen molar-refractivity contribution < 1.29 is 4.79 Å². The fourth-order valence-corrected chi connectivity index (χ4v) is 10.5. The van der Waals surface area contributed by atoms with Gasteiger partial charge in [0.15, 0.2) is 0 Å². The van der Waals surface area contributed by atoms with Gasteiger partial charge in [-0.1, -0.05) is 45.5 Å². The van der Waals surface area contributed by atoms with E-state index in [0.717, 1.165) is 0 Å². The van der Waals surface area contributed by atoms with E-state index in [9.17, 15) is 4.79 Å². The molecule has 0 saturated heterocycles. The highest BCUT2D eigenvalue weighted by Crippen LogP contribution is 2.20. The van der Waals surface area contributed by atoms with Crippen LogP contribution < -0.4 is 5.32 Å². The summed E-state index contributed by atoms with van der Waals surface area (Å²) in [6.07, 6.45) is 6.37. The third kappa shape index (κ3) is 4.05. The highest BCUT2D eigenvalue weighted by molar-refractivity contribution is 6.82. The summed E-state index contributed by atoms with van der Waals surface area (Å²) in [6, 6.07) is 0.490. The molecule has 0 heterocycles. The van der Waals surface area contributed by atoms with Crippen LogP contribution in [-0.2, 0) is 4.79 Å². The normalized spacial score (nSPS) is 18.4. The third-order valence-electron chi connectivity index (χ3n) is 3.69. The molecule has 0 radical (unpaired) electrons. The van der Waals surface area contributed by atoms with Gasteiger partial charge in [-0.25, -0.2) is 0 Å². The van der Waals surface area contributed by atoms with Crippen molar-refractivity contribution in [1.82, 2.24) is 5.32 Å². The van der Waals surface area contributed by atoms with Gasteiger partial charge in [-0.05, 0) is 12.8 Å². The van der Waals surface area contributed by atoms with E-state index in [2.05, 4.69) is 31.5 Å². The molecule has 94 valence electrons. The molecular formula is C12H27NOSi2. The van der Waals surface area contributed by atoms with E-state index < -0.39 is 17.6 Å². The van der Waals surface area contributed by atoms with Gasteiger partial charge < -0.3 is 5.32 Å². The molecule has 0 unspecified atom stereocenters. The van der Waals surface area contributed by atoms with Gasteiger partial charge in [-0.3, -0.25) is 4.79 Å². The van der Waals surface area contributed by atoms with Gasteiger partial charge in [0, 0.05) is 28.8 Å². The Morgan fingerprint density at radius 2 is 1.56 bits per heavy atom. The lowest BCUT2D eigenvalue weighted by Gasteiger charge is -2.28. The summed E-state index contributed by atoms with van der Waals surface area (Å²) in [5.41, 5.74) is 0. The largest absolute Gasteiger partial charge is 0.354 e. The summed E-state index contributed by atoms with van der Waals surface area (Å²) < 4.78 is 0. The lowest BCUT2D eigenvalue weighted by atomic mass is 9.95. The molecule has 0 aromatic rings. The highest BCUT2D eigenvalue weighted by atomic mass is 28.3. The van der Waals surface area contributed by atoms with Gasteiger partial charge >= 0.3 is 0 Å². The Kier molecular flexibility index (Phi) is 5.76. The first kappa shape index (κ1) is 14.0. The molecule has 1 saturated carbocycles. The molecule has 1 rings (SSSR count). The molecule has 0 spiro atoms. The van der Waals surface area contributed by atoms with E-state index in [1.165, 1.54) is 32.1 Å². The second-order valence-corrected chi connectivity index (χ2v) is 13.0. The average molecular weight is 258 g/mol. The monoisotopic (exact) mass is 257 g/mol. The molecule has 0 aromatic carbocycles. The predicted octanol–water partition coefficient (Wildman–Crippen LogP) is 2.32. The molecule has 1 aliphatic rings. The summed E-state index contributed by atoms with van der Waals surface area (Å²) in [5.74, 6) is 0.398. The van der Waals surface area contributed by atoms with E-state index in [0.29, 0.717) is 17.1 Å². The van der Waals surface area contributed by atoms with Crippen LogP contribution in [0.15, 0.2) is 0 Å². The highest BCUT2D eigenvalue weighted by Gasteiger charge is 2.28. The number of carbonyl (C=O) groups excluding carboxylic acids is 1. The summed E-state index contributed by atoms with van der Waals surface area (Å²) in [7, 11) is -1.65. The fraction of sp³-hybridized carbons (Fsp3) is 0.917. The van der Waals surface area contributed by atoms with Crippen LogP contribution in [0, 0.1) is 0 Å². The molecule has 4 heteroatoms. The minimum Gasteiger partial charge on any atom is -0.354 e. The Balaban J connectivity index is 2.47. The molecule has 2 nitrogen and oxygen atoms in total. The smallest absolute Gasteiger partial charge is 0.217 e. The minimum atomic E-state index is -0.823. The molecule has 0 atom stereocenters. The SMILES string of the molecule is C[SiH](C)C(C(=O)NC1CCCCC1)[SiH](C)C. The topological polar surface area (TPSA) is 29.1 Å². The first-order valence-electron chi connectivity index (χ1n) is 6.82.